The molecular weight excluding hydrogens is 388 g/mol. The molecule has 5 rings (SSSR count). The molecule has 1 N–H and O–H groups in total. The van der Waals surface area contributed by atoms with Crippen LogP contribution in [0.3, 0.4) is 0 Å². The number of carbonyl (C=O) groups is 2. The molecule has 9 atom stereocenters. The fourth-order valence-electron chi connectivity index (χ4n) is 10.3. The van der Waals surface area contributed by atoms with Crippen LogP contribution in [0.4, 0.5) is 0 Å². The summed E-state index contributed by atoms with van der Waals surface area (Å²) in [6.45, 7) is 14.1. The van der Waals surface area contributed by atoms with E-state index in [1.54, 1.807) is 0 Å². The van der Waals surface area contributed by atoms with Gasteiger partial charge in [0.1, 0.15) is 11.4 Å². The summed E-state index contributed by atoms with van der Waals surface area (Å²) < 4.78 is 5.83. The molecule has 0 spiro atoms. The monoisotopic (exact) mass is 430 g/mol. The predicted octanol–water partition coefficient (Wildman–Crippen LogP) is 5.31. The van der Waals surface area contributed by atoms with Gasteiger partial charge in [-0.2, -0.15) is 0 Å². The van der Waals surface area contributed by atoms with Crippen LogP contribution in [0.1, 0.15) is 99.3 Å². The highest BCUT2D eigenvalue weighted by atomic mass is 16.6. The molecule has 0 radical (unpaired) electrons. The van der Waals surface area contributed by atoms with Crippen LogP contribution in [-0.4, -0.2) is 28.6 Å². The summed E-state index contributed by atoms with van der Waals surface area (Å²) >= 11 is 0. The summed E-state index contributed by atoms with van der Waals surface area (Å²) in [7, 11) is 0. The number of hydrogen-bond acceptors (Lipinski definition) is 4. The first-order chi connectivity index (χ1) is 14.3. The van der Waals surface area contributed by atoms with Crippen molar-refractivity contribution in [2.24, 2.45) is 45.3 Å². The zero-order valence-corrected chi connectivity index (χ0v) is 20.4. The van der Waals surface area contributed by atoms with Crippen LogP contribution in [0, 0.1) is 45.3 Å². The smallest absolute Gasteiger partial charge is 0.335 e. The molecule has 5 fully saturated rings. The van der Waals surface area contributed by atoms with Crippen molar-refractivity contribution in [2.45, 2.75) is 111 Å². The van der Waals surface area contributed by atoms with Gasteiger partial charge >= 0.3 is 5.97 Å². The molecule has 4 heteroatoms. The van der Waals surface area contributed by atoms with Crippen LogP contribution in [0.2, 0.25) is 0 Å². The lowest BCUT2D eigenvalue weighted by Gasteiger charge is -2.69. The van der Waals surface area contributed by atoms with Crippen LogP contribution < -0.4 is 0 Å². The molecule has 4 aliphatic carbocycles. The zero-order valence-electron chi connectivity index (χ0n) is 20.4. The Morgan fingerprint density at radius 3 is 2.13 bits per heavy atom. The molecule has 1 heterocycles. The Hall–Kier alpha value is -0.900. The first kappa shape index (κ1) is 21.9. The third-order valence-corrected chi connectivity index (χ3v) is 12.1. The van der Waals surface area contributed by atoms with Crippen molar-refractivity contribution < 1.29 is 19.4 Å². The van der Waals surface area contributed by atoms with Gasteiger partial charge in [0, 0.05) is 24.2 Å². The number of fused-ring (bicyclic) bond motifs is 5. The van der Waals surface area contributed by atoms with Gasteiger partial charge < -0.3 is 9.84 Å². The largest absolute Gasteiger partial charge is 0.457 e. The van der Waals surface area contributed by atoms with Crippen molar-refractivity contribution >= 4 is 11.8 Å². The number of aliphatic hydroxyl groups is 1. The zero-order chi connectivity index (χ0) is 22.6. The number of ketones is 1. The Bertz CT molecular complexity index is 818. The first-order valence-electron chi connectivity index (χ1n) is 12.7. The average molecular weight is 431 g/mol. The van der Waals surface area contributed by atoms with Gasteiger partial charge in [-0.1, -0.05) is 34.6 Å². The molecule has 1 aliphatic heterocycles. The maximum atomic E-state index is 12.8. The highest BCUT2D eigenvalue weighted by molar-refractivity contribution is 5.85. The number of hydrogen-bond donors (Lipinski definition) is 1. The summed E-state index contributed by atoms with van der Waals surface area (Å²) in [6, 6.07) is 0. The van der Waals surface area contributed by atoms with Crippen molar-refractivity contribution in [3.63, 3.8) is 0 Å². The molecule has 0 amide bonds. The number of aliphatic hydroxyl groups excluding tert-OH is 1. The summed E-state index contributed by atoms with van der Waals surface area (Å²) in [6.07, 6.45) is 8.30. The Labute approximate surface area is 187 Å². The van der Waals surface area contributed by atoms with Gasteiger partial charge in [0.2, 0.25) is 0 Å². The van der Waals surface area contributed by atoms with E-state index in [-0.39, 0.29) is 21.7 Å². The van der Waals surface area contributed by atoms with E-state index in [0.29, 0.717) is 35.9 Å². The third kappa shape index (κ3) is 2.58. The van der Waals surface area contributed by atoms with Crippen molar-refractivity contribution in [3.8, 4) is 0 Å². The predicted molar refractivity (Wildman–Crippen MR) is 119 cm³/mol. The Kier molecular flexibility index (Phi) is 4.50. The fraction of sp³-hybridized carbons (Fsp3) is 0.926. The number of Topliss-reactive ketones (excluding diaryl/α,β-unsaturated/α-hetero) is 1. The average Bonchev–Trinajstić information content (AvgIpc) is 3.16. The summed E-state index contributed by atoms with van der Waals surface area (Å²) in [5, 5.41) is 10.1. The number of carbonyl (C=O) groups excluding carboxylic acids is 2. The molecule has 0 aromatic rings. The van der Waals surface area contributed by atoms with Crippen molar-refractivity contribution in [3.05, 3.63) is 0 Å². The number of ether oxygens (including phenoxy) is 1. The second kappa shape index (κ2) is 6.36. The van der Waals surface area contributed by atoms with Crippen LogP contribution >= 0.6 is 0 Å². The number of cyclic esters (lactones) is 1. The molecule has 4 saturated carbocycles. The quantitative estimate of drug-likeness (QED) is 0.573. The van der Waals surface area contributed by atoms with Crippen LogP contribution in [-0.2, 0) is 14.3 Å². The van der Waals surface area contributed by atoms with E-state index < -0.39 is 17.7 Å². The van der Waals surface area contributed by atoms with Crippen molar-refractivity contribution in [1.29, 1.82) is 0 Å². The molecule has 9 unspecified atom stereocenters. The summed E-state index contributed by atoms with van der Waals surface area (Å²) in [5.74, 6) is 2.05. The maximum Gasteiger partial charge on any atom is 0.335 e. The highest BCUT2D eigenvalue weighted by Gasteiger charge is 2.70. The first-order valence-corrected chi connectivity index (χ1v) is 12.7. The molecule has 5 aliphatic rings. The summed E-state index contributed by atoms with van der Waals surface area (Å²) in [5.41, 5.74) is -0.0159. The minimum absolute atomic E-state index is 0.202. The third-order valence-electron chi connectivity index (χ3n) is 12.1. The van der Waals surface area contributed by atoms with Crippen LogP contribution in [0.15, 0.2) is 0 Å². The minimum atomic E-state index is -0.958. The van der Waals surface area contributed by atoms with Crippen molar-refractivity contribution in [1.82, 2.24) is 0 Å². The Balaban J connectivity index is 1.49. The Morgan fingerprint density at radius 1 is 0.806 bits per heavy atom. The second-order valence-corrected chi connectivity index (χ2v) is 13.4. The van der Waals surface area contributed by atoms with Crippen molar-refractivity contribution in [2.75, 3.05) is 0 Å². The molecule has 4 nitrogen and oxygen atoms in total. The molecule has 1 saturated heterocycles. The molecular formula is C27H42O4. The van der Waals surface area contributed by atoms with Gasteiger partial charge in [-0.15, -0.1) is 0 Å². The van der Waals surface area contributed by atoms with E-state index in [9.17, 15) is 14.7 Å². The lowest BCUT2D eigenvalue weighted by molar-refractivity contribution is -0.207. The van der Waals surface area contributed by atoms with E-state index in [1.165, 1.54) is 25.7 Å². The van der Waals surface area contributed by atoms with Gasteiger partial charge in [-0.05, 0) is 85.9 Å². The molecule has 0 aromatic heterocycles. The van der Waals surface area contributed by atoms with Gasteiger partial charge in [0.25, 0.3) is 0 Å². The van der Waals surface area contributed by atoms with E-state index >= 15 is 0 Å². The molecule has 31 heavy (non-hydrogen) atoms. The highest BCUT2D eigenvalue weighted by Crippen LogP contribution is 2.75. The van der Waals surface area contributed by atoms with Gasteiger partial charge in [0.05, 0.1) is 0 Å². The van der Waals surface area contributed by atoms with E-state index in [4.69, 9.17) is 4.74 Å². The van der Waals surface area contributed by atoms with Crippen LogP contribution in [0.25, 0.3) is 0 Å². The number of esters is 1. The van der Waals surface area contributed by atoms with E-state index in [2.05, 4.69) is 41.5 Å². The maximum absolute atomic E-state index is 12.8. The van der Waals surface area contributed by atoms with Gasteiger partial charge in [-0.25, -0.2) is 4.79 Å². The second-order valence-electron chi connectivity index (χ2n) is 13.4. The van der Waals surface area contributed by atoms with E-state index in [1.807, 2.05) is 0 Å². The lowest BCUT2D eigenvalue weighted by Crippen LogP contribution is -2.63. The molecule has 0 aromatic carbocycles. The molecule has 174 valence electrons. The minimum Gasteiger partial charge on any atom is -0.457 e. The van der Waals surface area contributed by atoms with Crippen LogP contribution in [0.5, 0.6) is 0 Å². The molecule has 0 bridgehead atoms. The van der Waals surface area contributed by atoms with E-state index in [0.717, 1.165) is 25.7 Å². The lowest BCUT2D eigenvalue weighted by atomic mass is 9.35. The standard InChI is InChI=1S/C27H42O4/c1-23(2)19-10-14-26(5)20(24(19,3)12-11-21(23)29)8-7-16-17(9-13-25(16,26)4)27(6)15-18(28)22(30)31-27/h16-20,28H,7-15H2,1-6H3. The van der Waals surface area contributed by atoms with Gasteiger partial charge in [0.15, 0.2) is 6.10 Å². The number of rotatable bonds is 1. The topological polar surface area (TPSA) is 63.6 Å². The Morgan fingerprint density at radius 2 is 1.48 bits per heavy atom. The summed E-state index contributed by atoms with van der Waals surface area (Å²) in [4.78, 5) is 24.9. The fourth-order valence-corrected chi connectivity index (χ4v) is 10.3. The SMILES string of the molecule is CC1(C2CCC3(C)C2CCC2C4(C)CCC(=O)C(C)(C)C4CCC23C)CC(O)C(=O)O1. The normalized spacial score (nSPS) is 55.9. The van der Waals surface area contributed by atoms with Gasteiger partial charge in [-0.3, -0.25) is 4.79 Å².